The maximum atomic E-state index is 5.95. The number of hydrogen-bond donors (Lipinski definition) is 0. The Morgan fingerprint density at radius 2 is 2.00 bits per heavy atom. The van der Waals surface area contributed by atoms with Gasteiger partial charge in [-0.2, -0.15) is 0 Å². The predicted octanol–water partition coefficient (Wildman–Crippen LogP) is 3.29. The number of pyridine rings is 1. The lowest BCUT2D eigenvalue weighted by Gasteiger charge is -2.16. The first-order valence-corrected chi connectivity index (χ1v) is 4.99. The van der Waals surface area contributed by atoms with Crippen LogP contribution >= 0.6 is 11.6 Å². The molecule has 2 aromatic rings. The Hall–Kier alpha value is -1.02. The summed E-state index contributed by atoms with van der Waals surface area (Å²) in [4.78, 5) is 4.41. The molecule has 0 aromatic carbocycles. The highest BCUT2D eigenvalue weighted by Crippen LogP contribution is 2.23. The molecular weight excluding hydrogens is 196 g/mol. The number of hydrogen-bond acceptors (Lipinski definition) is 1. The Bertz CT molecular complexity index is 466. The van der Waals surface area contributed by atoms with Gasteiger partial charge in [-0.3, -0.25) is 0 Å². The lowest BCUT2D eigenvalue weighted by molar-refractivity contribution is 0.543. The van der Waals surface area contributed by atoms with Crippen molar-refractivity contribution in [3.05, 3.63) is 35.4 Å². The zero-order chi connectivity index (χ0) is 10.3. The number of rotatable bonds is 0. The predicted molar refractivity (Wildman–Crippen MR) is 58.9 cm³/mol. The van der Waals surface area contributed by atoms with Crippen LogP contribution in [0, 0.1) is 0 Å². The van der Waals surface area contributed by atoms with Crippen LogP contribution in [0.5, 0.6) is 0 Å². The second kappa shape index (κ2) is 2.99. The van der Waals surface area contributed by atoms with Gasteiger partial charge in [0.25, 0.3) is 0 Å². The fourth-order valence-corrected chi connectivity index (χ4v) is 1.68. The molecule has 0 aliphatic rings. The first kappa shape index (κ1) is 9.53. The van der Waals surface area contributed by atoms with Gasteiger partial charge in [-0.15, -0.1) is 0 Å². The Kier molecular flexibility index (Phi) is 2.04. The van der Waals surface area contributed by atoms with Gasteiger partial charge in [-0.25, -0.2) is 4.98 Å². The van der Waals surface area contributed by atoms with Crippen molar-refractivity contribution >= 4 is 17.1 Å². The lowest BCUT2D eigenvalue weighted by Crippen LogP contribution is -2.15. The molecule has 74 valence electrons. The van der Waals surface area contributed by atoms with Crippen LogP contribution in [0.3, 0.4) is 0 Å². The van der Waals surface area contributed by atoms with E-state index < -0.39 is 0 Å². The average molecular weight is 209 g/mol. The van der Waals surface area contributed by atoms with E-state index in [2.05, 4.69) is 25.8 Å². The standard InChI is InChI=1S/C11H13ClN2/c1-11(2,3)10-13-6-9-5-4-8(12)7-14(9)10/h4-7H,1-3H3. The molecular formula is C11H13ClN2. The summed E-state index contributed by atoms with van der Waals surface area (Å²) in [6, 6.07) is 3.86. The normalized spacial score (nSPS) is 12.3. The first-order chi connectivity index (χ1) is 6.48. The minimum Gasteiger partial charge on any atom is -0.302 e. The highest BCUT2D eigenvalue weighted by Gasteiger charge is 2.19. The summed E-state index contributed by atoms with van der Waals surface area (Å²) in [5, 5.41) is 0.737. The smallest absolute Gasteiger partial charge is 0.118 e. The summed E-state index contributed by atoms with van der Waals surface area (Å²) in [6.45, 7) is 6.42. The van der Waals surface area contributed by atoms with E-state index in [4.69, 9.17) is 11.6 Å². The number of fused-ring (bicyclic) bond motifs is 1. The van der Waals surface area contributed by atoms with E-state index in [1.54, 1.807) is 0 Å². The van der Waals surface area contributed by atoms with E-state index in [-0.39, 0.29) is 5.41 Å². The van der Waals surface area contributed by atoms with E-state index in [1.807, 2.05) is 28.9 Å². The molecule has 0 atom stereocenters. The fourth-order valence-electron chi connectivity index (χ4n) is 1.52. The summed E-state index contributed by atoms with van der Waals surface area (Å²) in [5.41, 5.74) is 1.12. The molecule has 0 amide bonds. The molecule has 0 bridgehead atoms. The molecule has 0 saturated heterocycles. The Labute approximate surface area is 88.5 Å². The maximum absolute atomic E-state index is 5.95. The van der Waals surface area contributed by atoms with E-state index in [0.29, 0.717) is 0 Å². The van der Waals surface area contributed by atoms with Crippen LogP contribution in [0.1, 0.15) is 26.6 Å². The maximum Gasteiger partial charge on any atom is 0.118 e. The van der Waals surface area contributed by atoms with Crippen LogP contribution < -0.4 is 0 Å². The van der Waals surface area contributed by atoms with Crippen molar-refractivity contribution in [1.82, 2.24) is 9.38 Å². The Balaban J connectivity index is 2.73. The highest BCUT2D eigenvalue weighted by molar-refractivity contribution is 6.30. The molecule has 2 heterocycles. The molecule has 0 saturated carbocycles. The Morgan fingerprint density at radius 3 is 2.64 bits per heavy atom. The molecule has 0 aliphatic heterocycles. The average Bonchev–Trinajstić information content (AvgIpc) is 2.45. The summed E-state index contributed by atoms with van der Waals surface area (Å²) in [5.74, 6) is 1.04. The summed E-state index contributed by atoms with van der Waals surface area (Å²) >= 11 is 5.95. The van der Waals surface area contributed by atoms with E-state index in [9.17, 15) is 0 Å². The van der Waals surface area contributed by atoms with Gasteiger partial charge in [0.05, 0.1) is 16.7 Å². The zero-order valence-corrected chi connectivity index (χ0v) is 9.34. The molecule has 0 radical (unpaired) electrons. The van der Waals surface area contributed by atoms with Gasteiger partial charge >= 0.3 is 0 Å². The van der Waals surface area contributed by atoms with Gasteiger partial charge in [0.1, 0.15) is 5.82 Å². The largest absolute Gasteiger partial charge is 0.302 e. The van der Waals surface area contributed by atoms with Crippen molar-refractivity contribution < 1.29 is 0 Å². The SMILES string of the molecule is CC(C)(C)c1ncc2ccc(Cl)cn12. The monoisotopic (exact) mass is 208 g/mol. The third kappa shape index (κ3) is 1.50. The minimum absolute atomic E-state index is 0.0388. The summed E-state index contributed by atoms with van der Waals surface area (Å²) in [6.07, 6.45) is 3.78. The van der Waals surface area contributed by atoms with E-state index in [1.165, 1.54) is 0 Å². The summed E-state index contributed by atoms with van der Waals surface area (Å²) < 4.78 is 2.04. The molecule has 14 heavy (non-hydrogen) atoms. The van der Waals surface area contributed by atoms with Crippen LogP contribution in [0.4, 0.5) is 0 Å². The number of imidazole rings is 1. The summed E-state index contributed by atoms with van der Waals surface area (Å²) in [7, 11) is 0. The second-order valence-electron chi connectivity index (χ2n) is 4.47. The Morgan fingerprint density at radius 1 is 1.29 bits per heavy atom. The van der Waals surface area contributed by atoms with Crippen LogP contribution in [0.15, 0.2) is 24.5 Å². The molecule has 0 N–H and O–H groups in total. The van der Waals surface area contributed by atoms with Gasteiger partial charge < -0.3 is 4.40 Å². The second-order valence-corrected chi connectivity index (χ2v) is 4.91. The van der Waals surface area contributed by atoms with Crippen LogP contribution in [-0.4, -0.2) is 9.38 Å². The molecule has 0 spiro atoms. The third-order valence-corrected chi connectivity index (χ3v) is 2.39. The van der Waals surface area contributed by atoms with E-state index >= 15 is 0 Å². The molecule has 0 unspecified atom stereocenters. The van der Waals surface area contributed by atoms with Gasteiger partial charge in [-0.05, 0) is 12.1 Å². The van der Waals surface area contributed by atoms with Crippen molar-refractivity contribution in [2.75, 3.05) is 0 Å². The zero-order valence-electron chi connectivity index (χ0n) is 8.58. The van der Waals surface area contributed by atoms with Gasteiger partial charge in [0.15, 0.2) is 0 Å². The highest BCUT2D eigenvalue weighted by atomic mass is 35.5. The van der Waals surface area contributed by atoms with Crippen LogP contribution in [-0.2, 0) is 5.41 Å². The number of aromatic nitrogens is 2. The quantitative estimate of drug-likeness (QED) is 0.650. The van der Waals surface area contributed by atoms with Gasteiger partial charge in [-0.1, -0.05) is 32.4 Å². The van der Waals surface area contributed by atoms with Crippen molar-refractivity contribution in [2.24, 2.45) is 0 Å². The number of nitrogens with zero attached hydrogens (tertiary/aromatic N) is 2. The van der Waals surface area contributed by atoms with Gasteiger partial charge in [0, 0.05) is 11.6 Å². The van der Waals surface area contributed by atoms with E-state index in [0.717, 1.165) is 16.4 Å². The topological polar surface area (TPSA) is 17.3 Å². The fraction of sp³-hybridized carbons (Fsp3) is 0.364. The lowest BCUT2D eigenvalue weighted by atomic mass is 9.96. The van der Waals surface area contributed by atoms with Crippen molar-refractivity contribution in [3.63, 3.8) is 0 Å². The minimum atomic E-state index is 0.0388. The van der Waals surface area contributed by atoms with Gasteiger partial charge in [0.2, 0.25) is 0 Å². The molecule has 3 heteroatoms. The van der Waals surface area contributed by atoms with Crippen molar-refractivity contribution in [2.45, 2.75) is 26.2 Å². The molecule has 2 rings (SSSR count). The molecule has 2 aromatic heterocycles. The molecule has 2 nitrogen and oxygen atoms in total. The van der Waals surface area contributed by atoms with Crippen LogP contribution in [0.25, 0.3) is 5.52 Å². The van der Waals surface area contributed by atoms with Crippen molar-refractivity contribution in [3.8, 4) is 0 Å². The third-order valence-electron chi connectivity index (χ3n) is 2.16. The molecule has 0 fully saturated rings. The number of halogens is 1. The van der Waals surface area contributed by atoms with Crippen molar-refractivity contribution in [1.29, 1.82) is 0 Å². The molecule has 0 aliphatic carbocycles. The van der Waals surface area contributed by atoms with Crippen LogP contribution in [0.2, 0.25) is 5.02 Å². The first-order valence-electron chi connectivity index (χ1n) is 4.61.